The van der Waals surface area contributed by atoms with E-state index in [0.29, 0.717) is 17.5 Å². The maximum Gasteiger partial charge on any atom is 0.302 e. The van der Waals surface area contributed by atoms with Crippen molar-refractivity contribution >= 4 is 35.0 Å². The molecule has 0 bridgehead atoms. The van der Waals surface area contributed by atoms with Gasteiger partial charge in [-0.1, -0.05) is 18.2 Å². The highest BCUT2D eigenvalue weighted by Gasteiger charge is 2.43. The van der Waals surface area contributed by atoms with Gasteiger partial charge in [-0.25, -0.2) is 0 Å². The lowest BCUT2D eigenvalue weighted by atomic mass is 9.93. The minimum Gasteiger partial charge on any atom is -0.465 e. The summed E-state index contributed by atoms with van der Waals surface area (Å²) >= 11 is 0. The Morgan fingerprint density at radius 2 is 1.87 bits per heavy atom. The fourth-order valence-electron chi connectivity index (χ4n) is 4.61. The van der Waals surface area contributed by atoms with Crippen LogP contribution in [0.4, 0.5) is 5.69 Å². The summed E-state index contributed by atoms with van der Waals surface area (Å²) in [5.41, 5.74) is 5.20. The molecule has 3 aliphatic carbocycles. The molecule has 1 aromatic carbocycles. The number of carbonyl (C=O) groups excluding carboxylic acids is 4. The SMILES string of the molecule is CC(=O)OCC1C2=CC3CC3C=C2c2ccc(NC(=O)CCN3C(=O)C=CC3=O)cc21. The van der Waals surface area contributed by atoms with Crippen LogP contribution in [0.5, 0.6) is 0 Å². The Labute approximate surface area is 179 Å². The normalized spacial score (nSPS) is 24.8. The molecule has 1 aliphatic heterocycles. The molecule has 1 aromatic rings. The number of rotatable bonds is 6. The highest BCUT2D eigenvalue weighted by atomic mass is 16.5. The van der Waals surface area contributed by atoms with Crippen molar-refractivity contribution in [3.63, 3.8) is 0 Å². The van der Waals surface area contributed by atoms with Gasteiger partial charge in [0.05, 0.1) is 0 Å². The van der Waals surface area contributed by atoms with Crippen LogP contribution < -0.4 is 5.32 Å². The van der Waals surface area contributed by atoms with E-state index in [9.17, 15) is 19.2 Å². The van der Waals surface area contributed by atoms with E-state index in [1.165, 1.54) is 36.6 Å². The first-order valence-electron chi connectivity index (χ1n) is 10.5. The molecule has 3 amide bonds. The minimum atomic E-state index is -0.397. The number of nitrogens with zero attached hydrogens (tertiary/aromatic N) is 1. The van der Waals surface area contributed by atoms with Crippen LogP contribution >= 0.6 is 0 Å². The average Bonchev–Trinajstić information content (AvgIpc) is 3.34. The molecule has 3 atom stereocenters. The lowest BCUT2D eigenvalue weighted by Crippen LogP contribution is -2.33. The zero-order valence-electron chi connectivity index (χ0n) is 17.1. The second-order valence-electron chi connectivity index (χ2n) is 8.38. The van der Waals surface area contributed by atoms with Crippen LogP contribution in [0, 0.1) is 11.8 Å². The molecule has 31 heavy (non-hydrogen) atoms. The molecule has 0 saturated heterocycles. The van der Waals surface area contributed by atoms with Crippen LogP contribution in [0.3, 0.4) is 0 Å². The third-order valence-electron chi connectivity index (χ3n) is 6.27. The zero-order valence-corrected chi connectivity index (χ0v) is 17.1. The minimum absolute atomic E-state index is 0.0206. The number of amides is 3. The number of nitrogens with one attached hydrogen (secondary N) is 1. The van der Waals surface area contributed by atoms with Crippen molar-refractivity contribution in [2.45, 2.75) is 25.7 Å². The van der Waals surface area contributed by atoms with Gasteiger partial charge < -0.3 is 10.1 Å². The lowest BCUT2D eigenvalue weighted by molar-refractivity contribution is -0.141. The molecule has 1 saturated carbocycles. The van der Waals surface area contributed by atoms with Crippen LogP contribution in [0.1, 0.15) is 36.8 Å². The predicted octanol–water partition coefficient (Wildman–Crippen LogP) is 2.56. The molecule has 0 spiro atoms. The Morgan fingerprint density at radius 3 is 2.61 bits per heavy atom. The summed E-state index contributed by atoms with van der Waals surface area (Å²) in [4.78, 5) is 48.1. The maximum absolute atomic E-state index is 12.4. The van der Waals surface area contributed by atoms with Crippen molar-refractivity contribution in [1.29, 1.82) is 0 Å². The molecule has 7 heteroatoms. The molecule has 1 heterocycles. The lowest BCUT2D eigenvalue weighted by Gasteiger charge is -2.16. The third kappa shape index (κ3) is 3.60. The molecule has 4 aliphatic rings. The van der Waals surface area contributed by atoms with Crippen molar-refractivity contribution in [3.8, 4) is 0 Å². The first-order valence-corrected chi connectivity index (χ1v) is 10.5. The van der Waals surface area contributed by atoms with Crippen molar-refractivity contribution in [2.75, 3.05) is 18.5 Å². The van der Waals surface area contributed by atoms with E-state index in [4.69, 9.17) is 4.74 Å². The molecular formula is C24H22N2O5. The predicted molar refractivity (Wildman–Crippen MR) is 113 cm³/mol. The summed E-state index contributed by atoms with van der Waals surface area (Å²) in [5, 5.41) is 2.85. The first-order chi connectivity index (χ1) is 14.9. The smallest absolute Gasteiger partial charge is 0.302 e. The summed E-state index contributed by atoms with van der Waals surface area (Å²) in [5.74, 6) is -0.253. The summed E-state index contributed by atoms with van der Waals surface area (Å²) in [6.45, 7) is 1.71. The van der Waals surface area contributed by atoms with E-state index in [1.807, 2.05) is 18.2 Å². The number of carbonyl (C=O) groups is 4. The number of imide groups is 1. The molecule has 0 radical (unpaired) electrons. The molecule has 5 rings (SSSR count). The average molecular weight is 418 g/mol. The Bertz CT molecular complexity index is 1090. The molecule has 1 N–H and O–H groups in total. The van der Waals surface area contributed by atoms with E-state index < -0.39 is 11.8 Å². The van der Waals surface area contributed by atoms with Gasteiger partial charge >= 0.3 is 5.97 Å². The van der Waals surface area contributed by atoms with Gasteiger partial charge in [-0.15, -0.1) is 0 Å². The van der Waals surface area contributed by atoms with E-state index >= 15 is 0 Å². The molecule has 0 aromatic heterocycles. The highest BCUT2D eigenvalue weighted by molar-refractivity contribution is 6.13. The summed E-state index contributed by atoms with van der Waals surface area (Å²) < 4.78 is 5.35. The Morgan fingerprint density at radius 1 is 1.13 bits per heavy atom. The molecule has 158 valence electrons. The largest absolute Gasteiger partial charge is 0.465 e. The van der Waals surface area contributed by atoms with E-state index in [0.717, 1.165) is 16.0 Å². The van der Waals surface area contributed by atoms with Crippen molar-refractivity contribution < 1.29 is 23.9 Å². The van der Waals surface area contributed by atoms with Gasteiger partial charge in [0, 0.05) is 43.6 Å². The van der Waals surface area contributed by atoms with Crippen molar-refractivity contribution in [2.24, 2.45) is 11.8 Å². The first kappa shape index (κ1) is 19.5. The fraction of sp³-hybridized carbons (Fsp3) is 0.333. The number of hydrogen-bond acceptors (Lipinski definition) is 5. The monoisotopic (exact) mass is 418 g/mol. The van der Waals surface area contributed by atoms with Gasteiger partial charge in [-0.3, -0.25) is 24.1 Å². The molecular weight excluding hydrogens is 396 g/mol. The van der Waals surface area contributed by atoms with Crippen LogP contribution in [-0.4, -0.2) is 41.7 Å². The van der Waals surface area contributed by atoms with Crippen LogP contribution in [0.15, 0.2) is 48.1 Å². The molecule has 3 unspecified atom stereocenters. The number of benzene rings is 1. The number of ether oxygens (including phenoxy) is 1. The van der Waals surface area contributed by atoms with Crippen molar-refractivity contribution in [3.05, 3.63) is 59.2 Å². The van der Waals surface area contributed by atoms with Gasteiger partial charge in [-0.2, -0.15) is 0 Å². The number of anilines is 1. The Hall–Kier alpha value is -3.48. The molecule has 7 nitrogen and oxygen atoms in total. The van der Waals surface area contributed by atoms with Crippen LogP contribution in [0.2, 0.25) is 0 Å². The van der Waals surface area contributed by atoms with Crippen LogP contribution in [0.25, 0.3) is 5.57 Å². The van der Waals surface area contributed by atoms with Crippen LogP contribution in [-0.2, 0) is 23.9 Å². The maximum atomic E-state index is 12.4. The number of allylic oxidation sites excluding steroid dienone is 3. The van der Waals surface area contributed by atoms with E-state index in [-0.39, 0.29) is 37.4 Å². The standard InChI is InChI=1S/C24H22N2O5/c1-13(27)31-12-21-19-10-15-8-14(15)9-18(19)17-3-2-16(11-20(17)21)25-22(28)6-7-26-23(29)4-5-24(26)30/h2-5,9-11,14-15,21H,6-8,12H2,1H3,(H,25,28). The third-order valence-corrected chi connectivity index (χ3v) is 6.27. The summed E-state index contributed by atoms with van der Waals surface area (Å²) in [6.07, 6.45) is 8.24. The van der Waals surface area contributed by atoms with Gasteiger partial charge in [0.15, 0.2) is 0 Å². The highest BCUT2D eigenvalue weighted by Crippen LogP contribution is 2.56. The van der Waals surface area contributed by atoms with E-state index in [1.54, 1.807) is 0 Å². The second kappa shape index (κ2) is 7.34. The van der Waals surface area contributed by atoms with Gasteiger partial charge in [0.1, 0.15) is 6.61 Å². The topological polar surface area (TPSA) is 92.8 Å². The number of esters is 1. The fourth-order valence-corrected chi connectivity index (χ4v) is 4.61. The van der Waals surface area contributed by atoms with E-state index in [2.05, 4.69) is 17.5 Å². The van der Waals surface area contributed by atoms with Gasteiger partial charge in [-0.05, 0) is 52.7 Å². The van der Waals surface area contributed by atoms with Gasteiger partial charge in [0.2, 0.25) is 5.91 Å². The zero-order chi connectivity index (χ0) is 21.7. The van der Waals surface area contributed by atoms with Crippen molar-refractivity contribution in [1.82, 2.24) is 4.90 Å². The Balaban J connectivity index is 1.32. The number of hydrogen-bond donors (Lipinski definition) is 1. The summed E-state index contributed by atoms with van der Waals surface area (Å²) in [7, 11) is 0. The summed E-state index contributed by atoms with van der Waals surface area (Å²) in [6, 6.07) is 5.79. The Kier molecular flexibility index (Phi) is 4.61. The number of fused-ring (bicyclic) bond motifs is 4. The molecule has 1 fully saturated rings. The quantitative estimate of drug-likeness (QED) is 0.566. The van der Waals surface area contributed by atoms with Gasteiger partial charge in [0.25, 0.3) is 11.8 Å². The second-order valence-corrected chi connectivity index (χ2v) is 8.38.